The van der Waals surface area contributed by atoms with E-state index in [1.54, 1.807) is 28.6 Å². The van der Waals surface area contributed by atoms with Gasteiger partial charge in [-0.05, 0) is 37.0 Å². The SMILES string of the molecule is CCCCNC(=O)Cc1ccc(S(=O)(=O)N2CCCCC2)cc1. The monoisotopic (exact) mass is 338 g/mol. The highest BCUT2D eigenvalue weighted by molar-refractivity contribution is 7.89. The van der Waals surface area contributed by atoms with Crippen molar-refractivity contribution in [2.24, 2.45) is 0 Å². The summed E-state index contributed by atoms with van der Waals surface area (Å²) in [6, 6.07) is 6.68. The van der Waals surface area contributed by atoms with Crippen LogP contribution in [0.5, 0.6) is 0 Å². The predicted octanol–water partition coefficient (Wildman–Crippen LogP) is 2.32. The van der Waals surface area contributed by atoms with Crippen molar-refractivity contribution in [3.05, 3.63) is 29.8 Å². The number of benzene rings is 1. The third kappa shape index (κ3) is 5.04. The Morgan fingerprint density at radius 2 is 1.78 bits per heavy atom. The summed E-state index contributed by atoms with van der Waals surface area (Å²) in [6.07, 6.45) is 5.25. The summed E-state index contributed by atoms with van der Waals surface area (Å²) >= 11 is 0. The largest absolute Gasteiger partial charge is 0.356 e. The van der Waals surface area contributed by atoms with Crippen molar-refractivity contribution in [2.45, 2.75) is 50.3 Å². The number of hydrogen-bond acceptors (Lipinski definition) is 3. The second-order valence-electron chi connectivity index (χ2n) is 5.99. The normalized spacial score (nSPS) is 16.2. The van der Waals surface area contributed by atoms with E-state index in [0.717, 1.165) is 37.7 Å². The molecule has 1 aliphatic heterocycles. The van der Waals surface area contributed by atoms with Gasteiger partial charge in [0.25, 0.3) is 0 Å². The zero-order valence-electron chi connectivity index (χ0n) is 13.8. The number of unbranched alkanes of at least 4 members (excludes halogenated alkanes) is 1. The molecule has 1 aromatic rings. The molecule has 0 radical (unpaired) electrons. The first-order valence-electron chi connectivity index (χ1n) is 8.40. The maximum absolute atomic E-state index is 12.5. The highest BCUT2D eigenvalue weighted by Crippen LogP contribution is 2.20. The number of sulfonamides is 1. The minimum Gasteiger partial charge on any atom is -0.356 e. The highest BCUT2D eigenvalue weighted by atomic mass is 32.2. The number of carbonyl (C=O) groups is 1. The van der Waals surface area contributed by atoms with E-state index in [1.165, 1.54) is 0 Å². The number of amides is 1. The van der Waals surface area contributed by atoms with Gasteiger partial charge >= 0.3 is 0 Å². The van der Waals surface area contributed by atoms with Crippen LogP contribution >= 0.6 is 0 Å². The summed E-state index contributed by atoms with van der Waals surface area (Å²) < 4.78 is 26.6. The Kier molecular flexibility index (Phi) is 6.59. The fourth-order valence-electron chi connectivity index (χ4n) is 2.69. The topological polar surface area (TPSA) is 66.5 Å². The first-order chi connectivity index (χ1) is 11.0. The summed E-state index contributed by atoms with van der Waals surface area (Å²) in [5.74, 6) is -0.0231. The molecule has 0 aliphatic carbocycles. The Labute approximate surface area is 139 Å². The molecular weight excluding hydrogens is 312 g/mol. The zero-order chi connectivity index (χ0) is 16.7. The quantitative estimate of drug-likeness (QED) is 0.776. The van der Waals surface area contributed by atoms with Crippen LogP contribution in [0.3, 0.4) is 0 Å². The molecule has 1 saturated heterocycles. The number of carbonyl (C=O) groups excluding carboxylic acids is 1. The average molecular weight is 338 g/mol. The molecule has 1 amide bonds. The van der Waals surface area contributed by atoms with Gasteiger partial charge in [0.2, 0.25) is 15.9 Å². The molecule has 1 fully saturated rings. The van der Waals surface area contributed by atoms with E-state index in [1.807, 2.05) is 0 Å². The summed E-state index contributed by atoms with van der Waals surface area (Å²) in [5, 5.41) is 2.86. The van der Waals surface area contributed by atoms with Gasteiger partial charge in [0.05, 0.1) is 11.3 Å². The minimum absolute atomic E-state index is 0.0231. The number of hydrogen-bond donors (Lipinski definition) is 1. The van der Waals surface area contributed by atoms with E-state index < -0.39 is 10.0 Å². The highest BCUT2D eigenvalue weighted by Gasteiger charge is 2.25. The lowest BCUT2D eigenvalue weighted by Crippen LogP contribution is -2.35. The molecule has 0 unspecified atom stereocenters. The fraction of sp³-hybridized carbons (Fsp3) is 0.588. The first-order valence-corrected chi connectivity index (χ1v) is 9.84. The summed E-state index contributed by atoms with van der Waals surface area (Å²) in [4.78, 5) is 12.1. The van der Waals surface area contributed by atoms with Crippen LogP contribution in [-0.4, -0.2) is 38.3 Å². The van der Waals surface area contributed by atoms with E-state index in [4.69, 9.17) is 0 Å². The molecule has 0 aromatic heterocycles. The van der Waals surface area contributed by atoms with Crippen molar-refractivity contribution in [1.29, 1.82) is 0 Å². The molecule has 128 valence electrons. The fourth-order valence-corrected chi connectivity index (χ4v) is 4.20. The van der Waals surface area contributed by atoms with Crippen LogP contribution in [0.4, 0.5) is 0 Å². The number of nitrogens with one attached hydrogen (secondary N) is 1. The second kappa shape index (κ2) is 8.45. The molecule has 5 nitrogen and oxygen atoms in total. The van der Waals surface area contributed by atoms with Gasteiger partial charge in [-0.1, -0.05) is 31.9 Å². The van der Waals surface area contributed by atoms with Crippen LogP contribution in [0.2, 0.25) is 0 Å². The number of rotatable bonds is 7. The third-order valence-electron chi connectivity index (χ3n) is 4.09. The van der Waals surface area contributed by atoms with Gasteiger partial charge in [0, 0.05) is 19.6 Å². The van der Waals surface area contributed by atoms with Crippen LogP contribution in [0.25, 0.3) is 0 Å². The Morgan fingerprint density at radius 1 is 1.13 bits per heavy atom. The molecule has 1 aliphatic rings. The molecular formula is C17H26N2O3S. The third-order valence-corrected chi connectivity index (χ3v) is 6.01. The summed E-state index contributed by atoms with van der Waals surface area (Å²) in [5.41, 5.74) is 0.830. The van der Waals surface area contributed by atoms with E-state index in [0.29, 0.717) is 24.5 Å². The van der Waals surface area contributed by atoms with Crippen LogP contribution in [0.1, 0.15) is 44.6 Å². The van der Waals surface area contributed by atoms with Crippen LogP contribution < -0.4 is 5.32 Å². The Hall–Kier alpha value is -1.40. The lowest BCUT2D eigenvalue weighted by molar-refractivity contribution is -0.120. The van der Waals surface area contributed by atoms with E-state index in [-0.39, 0.29) is 12.3 Å². The Balaban J connectivity index is 1.97. The van der Waals surface area contributed by atoms with Crippen molar-refractivity contribution in [3.63, 3.8) is 0 Å². The van der Waals surface area contributed by atoms with Gasteiger partial charge in [-0.3, -0.25) is 4.79 Å². The summed E-state index contributed by atoms with van der Waals surface area (Å²) in [6.45, 7) is 3.97. The van der Waals surface area contributed by atoms with Crippen LogP contribution in [0, 0.1) is 0 Å². The molecule has 0 saturated carbocycles. The smallest absolute Gasteiger partial charge is 0.243 e. The van der Waals surface area contributed by atoms with Crippen molar-refractivity contribution < 1.29 is 13.2 Å². The number of nitrogens with zero attached hydrogens (tertiary/aromatic N) is 1. The Bertz CT molecular complexity index is 605. The van der Waals surface area contributed by atoms with E-state index >= 15 is 0 Å². The van der Waals surface area contributed by atoms with Gasteiger partial charge < -0.3 is 5.32 Å². The zero-order valence-corrected chi connectivity index (χ0v) is 14.6. The van der Waals surface area contributed by atoms with Crippen molar-refractivity contribution in [1.82, 2.24) is 9.62 Å². The van der Waals surface area contributed by atoms with Gasteiger partial charge in [-0.15, -0.1) is 0 Å². The molecule has 6 heteroatoms. The second-order valence-corrected chi connectivity index (χ2v) is 7.93. The molecule has 1 N–H and O–H groups in total. The lowest BCUT2D eigenvalue weighted by Gasteiger charge is -2.25. The minimum atomic E-state index is -3.39. The average Bonchev–Trinajstić information content (AvgIpc) is 2.56. The maximum atomic E-state index is 12.5. The first kappa shape index (κ1) is 17.9. The van der Waals surface area contributed by atoms with Crippen LogP contribution in [0.15, 0.2) is 29.2 Å². The van der Waals surface area contributed by atoms with E-state index in [2.05, 4.69) is 12.2 Å². The molecule has 1 heterocycles. The molecule has 0 atom stereocenters. The van der Waals surface area contributed by atoms with Crippen molar-refractivity contribution in [2.75, 3.05) is 19.6 Å². The van der Waals surface area contributed by atoms with Crippen molar-refractivity contribution >= 4 is 15.9 Å². The predicted molar refractivity (Wildman–Crippen MR) is 90.7 cm³/mol. The van der Waals surface area contributed by atoms with Gasteiger partial charge in [0.15, 0.2) is 0 Å². The van der Waals surface area contributed by atoms with Gasteiger partial charge in [-0.2, -0.15) is 4.31 Å². The summed E-state index contributed by atoms with van der Waals surface area (Å²) in [7, 11) is -3.39. The van der Waals surface area contributed by atoms with Crippen LogP contribution in [-0.2, 0) is 21.2 Å². The van der Waals surface area contributed by atoms with E-state index in [9.17, 15) is 13.2 Å². The molecule has 23 heavy (non-hydrogen) atoms. The molecule has 0 spiro atoms. The Morgan fingerprint density at radius 3 is 2.39 bits per heavy atom. The van der Waals surface area contributed by atoms with Gasteiger partial charge in [-0.25, -0.2) is 8.42 Å². The van der Waals surface area contributed by atoms with Crippen molar-refractivity contribution in [3.8, 4) is 0 Å². The molecule has 1 aromatic carbocycles. The molecule has 0 bridgehead atoms. The molecule has 2 rings (SSSR count). The standard InChI is InChI=1S/C17H26N2O3S/c1-2-3-11-18-17(20)14-15-7-9-16(10-8-15)23(21,22)19-12-5-4-6-13-19/h7-10H,2-6,11-14H2,1H3,(H,18,20). The van der Waals surface area contributed by atoms with Gasteiger partial charge in [0.1, 0.15) is 0 Å². The lowest BCUT2D eigenvalue weighted by atomic mass is 10.1. The number of piperidine rings is 1. The maximum Gasteiger partial charge on any atom is 0.243 e.